The van der Waals surface area contributed by atoms with E-state index in [1.807, 2.05) is 6.92 Å². The van der Waals surface area contributed by atoms with Gasteiger partial charge in [0.2, 0.25) is 0 Å². The van der Waals surface area contributed by atoms with Gasteiger partial charge in [-0.25, -0.2) is 0 Å². The first kappa shape index (κ1) is 16.5. The lowest BCUT2D eigenvalue weighted by Crippen LogP contribution is -2.20. The highest BCUT2D eigenvalue weighted by Crippen LogP contribution is 2.60. The molecule has 1 unspecified atom stereocenters. The van der Waals surface area contributed by atoms with Gasteiger partial charge in [-0.1, -0.05) is 20.4 Å². The zero-order valence-electron chi connectivity index (χ0n) is 13.1. The van der Waals surface area contributed by atoms with E-state index < -0.39 is 29.3 Å². The Morgan fingerprint density at radius 2 is 2.18 bits per heavy atom. The van der Waals surface area contributed by atoms with Crippen LogP contribution < -0.4 is 0 Å². The molecule has 0 aromatic heterocycles. The molecule has 3 atom stereocenters. The van der Waals surface area contributed by atoms with Crippen LogP contribution in [-0.2, 0) is 9.53 Å². The standard InChI is InChI=1S/C18H20F2O2/c1-6-7-12-10(2)8-14(11(12)3)22-17(21)16-13(9-15(19)20)18(16,4)5/h1,9,13-14,16H,2,7-8H2,3-5H3/t13-,14?,16+/m1/s1. The Morgan fingerprint density at radius 1 is 1.55 bits per heavy atom. The average molecular weight is 306 g/mol. The van der Waals surface area contributed by atoms with Crippen molar-refractivity contribution in [3.63, 3.8) is 0 Å². The molecule has 0 radical (unpaired) electrons. The Hall–Kier alpha value is -1.89. The Labute approximate surface area is 129 Å². The average Bonchev–Trinajstić information content (AvgIpc) is 2.83. The van der Waals surface area contributed by atoms with Crippen LogP contribution in [0.15, 0.2) is 35.5 Å². The number of terminal acetylenes is 1. The van der Waals surface area contributed by atoms with Gasteiger partial charge in [0.1, 0.15) is 6.10 Å². The van der Waals surface area contributed by atoms with Gasteiger partial charge in [0.05, 0.1) is 5.92 Å². The van der Waals surface area contributed by atoms with Gasteiger partial charge in [0.25, 0.3) is 6.08 Å². The summed E-state index contributed by atoms with van der Waals surface area (Å²) in [5, 5.41) is 0. The highest BCUT2D eigenvalue weighted by atomic mass is 19.3. The number of allylic oxidation sites excluding steroid dienone is 2. The zero-order valence-corrected chi connectivity index (χ0v) is 13.1. The summed E-state index contributed by atoms with van der Waals surface area (Å²) >= 11 is 0. The van der Waals surface area contributed by atoms with Crippen molar-refractivity contribution < 1.29 is 18.3 Å². The molecule has 0 heterocycles. The smallest absolute Gasteiger partial charge is 0.310 e. The van der Waals surface area contributed by atoms with Gasteiger partial charge in [-0.05, 0) is 35.1 Å². The number of hydrogen-bond donors (Lipinski definition) is 0. The minimum Gasteiger partial charge on any atom is -0.457 e. The lowest BCUT2D eigenvalue weighted by molar-refractivity contribution is -0.149. The molecule has 1 fully saturated rings. The topological polar surface area (TPSA) is 26.3 Å². The van der Waals surface area contributed by atoms with Crippen LogP contribution in [0.4, 0.5) is 8.78 Å². The van der Waals surface area contributed by atoms with Crippen molar-refractivity contribution >= 4 is 5.97 Å². The lowest BCUT2D eigenvalue weighted by atomic mass is 10.1. The second-order valence-corrected chi connectivity index (χ2v) is 6.56. The van der Waals surface area contributed by atoms with Crippen LogP contribution in [0.1, 0.15) is 33.6 Å². The van der Waals surface area contributed by atoms with Crippen molar-refractivity contribution in [2.45, 2.75) is 39.7 Å². The van der Waals surface area contributed by atoms with E-state index in [1.165, 1.54) is 0 Å². The van der Waals surface area contributed by atoms with Gasteiger partial charge in [0, 0.05) is 18.8 Å². The number of halogens is 2. The van der Waals surface area contributed by atoms with E-state index in [-0.39, 0.29) is 6.10 Å². The van der Waals surface area contributed by atoms with E-state index in [0.717, 1.165) is 22.8 Å². The highest BCUT2D eigenvalue weighted by Gasteiger charge is 2.62. The number of rotatable bonds is 4. The van der Waals surface area contributed by atoms with Gasteiger partial charge < -0.3 is 4.74 Å². The number of esters is 1. The van der Waals surface area contributed by atoms with Gasteiger partial charge in [-0.3, -0.25) is 4.79 Å². The van der Waals surface area contributed by atoms with E-state index in [9.17, 15) is 13.6 Å². The van der Waals surface area contributed by atoms with Crippen molar-refractivity contribution in [2.75, 3.05) is 0 Å². The number of carbonyl (C=O) groups excluding carboxylic acids is 1. The molecule has 0 N–H and O–H groups in total. The molecule has 1 saturated carbocycles. The quantitative estimate of drug-likeness (QED) is 0.573. The summed E-state index contributed by atoms with van der Waals surface area (Å²) in [6, 6.07) is 0. The van der Waals surface area contributed by atoms with Crippen LogP contribution in [0.3, 0.4) is 0 Å². The van der Waals surface area contributed by atoms with Crippen molar-refractivity contribution in [1.29, 1.82) is 0 Å². The Kier molecular flexibility index (Phi) is 4.28. The van der Waals surface area contributed by atoms with E-state index in [1.54, 1.807) is 13.8 Å². The molecule has 0 saturated heterocycles. The second-order valence-electron chi connectivity index (χ2n) is 6.56. The van der Waals surface area contributed by atoms with Gasteiger partial charge in [-0.15, -0.1) is 12.3 Å². The molecule has 0 bridgehead atoms. The van der Waals surface area contributed by atoms with Crippen LogP contribution in [-0.4, -0.2) is 12.1 Å². The molecular formula is C18H20F2O2. The second kappa shape index (κ2) is 5.72. The van der Waals surface area contributed by atoms with Gasteiger partial charge in [0.15, 0.2) is 0 Å². The third-order valence-electron chi connectivity index (χ3n) is 4.82. The molecule has 0 aliphatic heterocycles. The maximum absolute atomic E-state index is 12.4. The fraction of sp³-hybridized carbons (Fsp3) is 0.500. The highest BCUT2D eigenvalue weighted by molar-refractivity contribution is 5.79. The minimum absolute atomic E-state index is 0.375. The zero-order chi connectivity index (χ0) is 16.7. The largest absolute Gasteiger partial charge is 0.457 e. The normalized spacial score (nSPS) is 29.1. The Morgan fingerprint density at radius 3 is 2.73 bits per heavy atom. The van der Waals surface area contributed by atoms with E-state index in [2.05, 4.69) is 12.5 Å². The maximum atomic E-state index is 12.4. The number of hydrogen-bond acceptors (Lipinski definition) is 2. The molecule has 2 aliphatic carbocycles. The summed E-state index contributed by atoms with van der Waals surface area (Å²) in [7, 11) is 0. The molecule has 0 amide bonds. The van der Waals surface area contributed by atoms with Crippen molar-refractivity contribution in [3.05, 3.63) is 35.5 Å². The summed E-state index contributed by atoms with van der Waals surface area (Å²) in [5.41, 5.74) is 2.27. The molecule has 0 spiro atoms. The minimum atomic E-state index is -1.75. The van der Waals surface area contributed by atoms with E-state index >= 15 is 0 Å². The fourth-order valence-electron chi connectivity index (χ4n) is 3.26. The molecule has 2 rings (SSSR count). The molecular weight excluding hydrogens is 286 g/mol. The molecule has 4 heteroatoms. The molecule has 0 aromatic rings. The lowest BCUT2D eigenvalue weighted by Gasteiger charge is -2.14. The van der Waals surface area contributed by atoms with Crippen LogP contribution in [0, 0.1) is 29.6 Å². The van der Waals surface area contributed by atoms with Crippen LogP contribution in [0.25, 0.3) is 0 Å². The fourth-order valence-corrected chi connectivity index (χ4v) is 3.26. The van der Waals surface area contributed by atoms with Crippen LogP contribution >= 0.6 is 0 Å². The van der Waals surface area contributed by atoms with E-state index in [4.69, 9.17) is 11.2 Å². The SMILES string of the molecule is C#CCC1=C(C)C(OC(=O)[C@@H]2[C@@H](C=C(F)F)C2(C)C)CC1=C. The summed E-state index contributed by atoms with van der Waals surface area (Å²) in [5.74, 6) is 1.16. The molecule has 2 aliphatic rings. The van der Waals surface area contributed by atoms with E-state index in [0.29, 0.717) is 12.8 Å². The van der Waals surface area contributed by atoms with Crippen molar-refractivity contribution in [1.82, 2.24) is 0 Å². The van der Waals surface area contributed by atoms with Crippen molar-refractivity contribution in [2.24, 2.45) is 17.3 Å². The first-order valence-electron chi connectivity index (χ1n) is 7.24. The summed E-state index contributed by atoms with van der Waals surface area (Å²) in [4.78, 5) is 12.3. The van der Waals surface area contributed by atoms with Gasteiger partial charge in [-0.2, -0.15) is 8.78 Å². The summed E-state index contributed by atoms with van der Waals surface area (Å²) in [6.45, 7) is 9.42. The van der Waals surface area contributed by atoms with Gasteiger partial charge >= 0.3 is 5.97 Å². The van der Waals surface area contributed by atoms with Crippen LogP contribution in [0.2, 0.25) is 0 Å². The maximum Gasteiger partial charge on any atom is 0.310 e. The van der Waals surface area contributed by atoms with Crippen LogP contribution in [0.5, 0.6) is 0 Å². The third-order valence-corrected chi connectivity index (χ3v) is 4.82. The third kappa shape index (κ3) is 2.85. The first-order valence-corrected chi connectivity index (χ1v) is 7.24. The Bertz CT molecular complexity index is 615. The first-order chi connectivity index (χ1) is 10.2. The number of carbonyl (C=O) groups is 1. The molecule has 0 aromatic carbocycles. The summed E-state index contributed by atoms with van der Waals surface area (Å²) < 4.78 is 30.4. The predicted molar refractivity (Wildman–Crippen MR) is 80.8 cm³/mol. The molecule has 2 nitrogen and oxygen atoms in total. The predicted octanol–water partition coefficient (Wildman–Crippen LogP) is 4.25. The monoisotopic (exact) mass is 306 g/mol. The summed E-state index contributed by atoms with van der Waals surface area (Å²) in [6.07, 6.45) is 5.04. The van der Waals surface area contributed by atoms with Crippen molar-refractivity contribution in [3.8, 4) is 12.3 Å². The Balaban J connectivity index is 2.07. The molecule has 22 heavy (non-hydrogen) atoms. The molecule has 118 valence electrons. The number of ether oxygens (including phenoxy) is 1.